The summed E-state index contributed by atoms with van der Waals surface area (Å²) in [5.74, 6) is 0.252. The number of amides is 1. The SMILES string of the molecule is CC(C)=C(CCCl)c1ccc(-c2cc3c(cc2Cl)NC(=O)/C3=C(\C)O)cc1. The Bertz CT molecular complexity index is 965. The van der Waals surface area contributed by atoms with Gasteiger partial charge in [0.2, 0.25) is 0 Å². The van der Waals surface area contributed by atoms with E-state index in [1.165, 1.54) is 18.1 Å². The summed E-state index contributed by atoms with van der Waals surface area (Å²) in [6.07, 6.45) is 0.820. The molecule has 0 spiro atoms. The minimum atomic E-state index is -0.317. The first-order valence-corrected chi connectivity index (χ1v) is 9.63. The molecule has 2 aromatic rings. The first-order valence-electron chi connectivity index (χ1n) is 8.71. The monoisotopic (exact) mass is 401 g/mol. The number of hydrogen-bond acceptors (Lipinski definition) is 2. The van der Waals surface area contributed by atoms with E-state index in [1.807, 2.05) is 18.2 Å². The minimum Gasteiger partial charge on any atom is -0.512 e. The van der Waals surface area contributed by atoms with Gasteiger partial charge in [0.25, 0.3) is 5.91 Å². The first-order chi connectivity index (χ1) is 12.8. The van der Waals surface area contributed by atoms with Crippen LogP contribution in [0.15, 0.2) is 47.7 Å². The van der Waals surface area contributed by atoms with Crippen LogP contribution in [-0.4, -0.2) is 16.9 Å². The largest absolute Gasteiger partial charge is 0.512 e. The van der Waals surface area contributed by atoms with Crippen molar-refractivity contribution >= 4 is 45.9 Å². The molecule has 0 saturated carbocycles. The van der Waals surface area contributed by atoms with Crippen molar-refractivity contribution in [2.45, 2.75) is 27.2 Å². The third-order valence-electron chi connectivity index (χ3n) is 4.71. The number of halogens is 2. The molecule has 2 aromatic carbocycles. The average molecular weight is 402 g/mol. The number of hydrogen-bond donors (Lipinski definition) is 2. The molecule has 3 rings (SSSR count). The number of aliphatic hydroxyl groups excluding tert-OH is 1. The number of fused-ring (bicyclic) bond motifs is 1. The summed E-state index contributed by atoms with van der Waals surface area (Å²) in [4.78, 5) is 12.1. The van der Waals surface area contributed by atoms with E-state index in [9.17, 15) is 9.90 Å². The molecule has 2 N–H and O–H groups in total. The van der Waals surface area contributed by atoms with E-state index < -0.39 is 0 Å². The van der Waals surface area contributed by atoms with Gasteiger partial charge in [0.15, 0.2) is 0 Å². The molecule has 3 nitrogen and oxygen atoms in total. The van der Waals surface area contributed by atoms with Crippen molar-refractivity contribution in [2.24, 2.45) is 0 Å². The Hall–Kier alpha value is -2.23. The van der Waals surface area contributed by atoms with E-state index in [2.05, 4.69) is 31.3 Å². The molecule has 0 atom stereocenters. The van der Waals surface area contributed by atoms with E-state index in [-0.39, 0.29) is 17.2 Å². The second-order valence-corrected chi connectivity index (χ2v) is 7.57. The summed E-state index contributed by atoms with van der Waals surface area (Å²) in [6, 6.07) is 11.7. The average Bonchev–Trinajstić information content (AvgIpc) is 2.93. The van der Waals surface area contributed by atoms with Gasteiger partial charge >= 0.3 is 0 Å². The van der Waals surface area contributed by atoms with Crippen LogP contribution in [0.5, 0.6) is 0 Å². The highest BCUT2D eigenvalue weighted by atomic mass is 35.5. The minimum absolute atomic E-state index is 0.0101. The molecular weight excluding hydrogens is 381 g/mol. The van der Waals surface area contributed by atoms with Gasteiger partial charge in [-0.05, 0) is 56.0 Å². The van der Waals surface area contributed by atoms with E-state index in [4.69, 9.17) is 23.2 Å². The first kappa shape index (κ1) is 19.5. The topological polar surface area (TPSA) is 49.3 Å². The van der Waals surface area contributed by atoms with Gasteiger partial charge in [0.05, 0.1) is 16.3 Å². The molecule has 1 aliphatic heterocycles. The predicted molar refractivity (Wildman–Crippen MR) is 114 cm³/mol. The third-order valence-corrected chi connectivity index (χ3v) is 5.21. The molecule has 0 aromatic heterocycles. The summed E-state index contributed by atoms with van der Waals surface area (Å²) < 4.78 is 0. The number of nitrogens with one attached hydrogen (secondary N) is 1. The molecule has 1 heterocycles. The summed E-state index contributed by atoms with van der Waals surface area (Å²) in [7, 11) is 0. The van der Waals surface area contributed by atoms with Crippen LogP contribution in [0.25, 0.3) is 22.3 Å². The van der Waals surface area contributed by atoms with Gasteiger partial charge < -0.3 is 10.4 Å². The Balaban J connectivity index is 2.05. The van der Waals surface area contributed by atoms with Crippen molar-refractivity contribution in [3.8, 4) is 11.1 Å². The van der Waals surface area contributed by atoms with Crippen LogP contribution >= 0.6 is 23.2 Å². The molecular formula is C22H21Cl2NO2. The number of benzene rings is 2. The number of aliphatic hydroxyl groups is 1. The van der Waals surface area contributed by atoms with Crippen molar-refractivity contribution in [2.75, 3.05) is 11.2 Å². The van der Waals surface area contributed by atoms with Crippen LogP contribution in [0.2, 0.25) is 5.02 Å². The van der Waals surface area contributed by atoms with Crippen molar-refractivity contribution < 1.29 is 9.90 Å². The second-order valence-electron chi connectivity index (χ2n) is 6.79. The lowest BCUT2D eigenvalue weighted by atomic mass is 9.95. The zero-order valence-electron chi connectivity index (χ0n) is 15.5. The third kappa shape index (κ3) is 3.76. The van der Waals surface area contributed by atoms with Gasteiger partial charge in [-0.25, -0.2) is 0 Å². The van der Waals surface area contributed by atoms with Gasteiger partial charge in [-0.3, -0.25) is 4.79 Å². The molecule has 0 radical (unpaired) electrons. The van der Waals surface area contributed by atoms with Gasteiger partial charge in [-0.15, -0.1) is 11.6 Å². The van der Waals surface area contributed by atoms with Gasteiger partial charge in [-0.2, -0.15) is 0 Å². The zero-order valence-corrected chi connectivity index (χ0v) is 17.0. The standard InChI is InChI=1S/C22H21Cl2NO2/c1-12(2)16(8-9-23)14-4-6-15(7-5-14)17-10-18-20(11-19(17)24)25-22(27)21(18)13(3)26/h4-7,10-11,26H,8-9H2,1-3H3,(H,25,27)/b21-13+. The number of alkyl halides is 1. The fourth-order valence-corrected chi connectivity index (χ4v) is 3.86. The molecule has 140 valence electrons. The molecule has 27 heavy (non-hydrogen) atoms. The van der Waals surface area contributed by atoms with Gasteiger partial charge in [-0.1, -0.05) is 41.4 Å². The maximum Gasteiger partial charge on any atom is 0.259 e. The van der Waals surface area contributed by atoms with Crippen molar-refractivity contribution in [1.82, 2.24) is 0 Å². The van der Waals surface area contributed by atoms with E-state index in [0.29, 0.717) is 22.2 Å². The molecule has 0 bridgehead atoms. The van der Waals surface area contributed by atoms with E-state index in [0.717, 1.165) is 23.1 Å². The summed E-state index contributed by atoms with van der Waals surface area (Å²) in [5.41, 5.74) is 6.95. The Kier molecular flexibility index (Phi) is 5.64. The normalized spacial score (nSPS) is 14.6. The summed E-state index contributed by atoms with van der Waals surface area (Å²) >= 11 is 12.4. The molecule has 0 aliphatic carbocycles. The quantitative estimate of drug-likeness (QED) is 0.341. The Labute approximate surface area is 169 Å². The Morgan fingerprint density at radius 3 is 2.30 bits per heavy atom. The maximum absolute atomic E-state index is 12.1. The van der Waals surface area contributed by atoms with E-state index in [1.54, 1.807) is 6.07 Å². The van der Waals surface area contributed by atoms with E-state index >= 15 is 0 Å². The van der Waals surface area contributed by atoms with Crippen LogP contribution in [0.4, 0.5) is 5.69 Å². The summed E-state index contributed by atoms with van der Waals surface area (Å²) in [6.45, 7) is 5.68. The smallest absolute Gasteiger partial charge is 0.259 e. The van der Waals surface area contributed by atoms with Crippen molar-refractivity contribution in [3.63, 3.8) is 0 Å². The predicted octanol–water partition coefficient (Wildman–Crippen LogP) is 6.67. The number of allylic oxidation sites excluding steroid dienone is 3. The fourth-order valence-electron chi connectivity index (χ4n) is 3.40. The molecule has 0 unspecified atom stereocenters. The summed E-state index contributed by atoms with van der Waals surface area (Å²) in [5, 5.41) is 13.2. The van der Waals surface area contributed by atoms with Crippen molar-refractivity contribution in [3.05, 3.63) is 63.9 Å². The number of anilines is 1. The second kappa shape index (κ2) is 7.79. The number of carbonyl (C=O) groups excluding carboxylic acids is 1. The Morgan fingerprint density at radius 2 is 1.74 bits per heavy atom. The van der Waals surface area contributed by atoms with Crippen molar-refractivity contribution in [1.29, 1.82) is 0 Å². The van der Waals surface area contributed by atoms with Crippen LogP contribution in [0.3, 0.4) is 0 Å². The maximum atomic E-state index is 12.1. The molecule has 1 aliphatic rings. The molecule has 1 amide bonds. The fraction of sp³-hybridized carbons (Fsp3) is 0.227. The highest BCUT2D eigenvalue weighted by molar-refractivity contribution is 6.36. The lowest BCUT2D eigenvalue weighted by molar-refractivity contribution is -0.110. The lowest BCUT2D eigenvalue weighted by Crippen LogP contribution is -2.05. The Morgan fingerprint density at radius 1 is 1.07 bits per heavy atom. The number of carbonyl (C=O) groups is 1. The molecule has 0 fully saturated rings. The van der Waals surface area contributed by atoms with Crippen LogP contribution < -0.4 is 5.32 Å². The highest BCUT2D eigenvalue weighted by Gasteiger charge is 2.28. The lowest BCUT2D eigenvalue weighted by Gasteiger charge is -2.12. The van der Waals surface area contributed by atoms with Crippen LogP contribution in [0.1, 0.15) is 38.3 Å². The molecule has 0 saturated heterocycles. The van der Waals surface area contributed by atoms with Gasteiger partial charge in [0, 0.05) is 17.0 Å². The highest BCUT2D eigenvalue weighted by Crippen LogP contribution is 2.40. The van der Waals surface area contributed by atoms with Crippen LogP contribution in [-0.2, 0) is 4.79 Å². The number of rotatable bonds is 4. The zero-order chi connectivity index (χ0) is 19.7. The van der Waals surface area contributed by atoms with Crippen LogP contribution in [0, 0.1) is 0 Å². The van der Waals surface area contributed by atoms with Gasteiger partial charge in [0.1, 0.15) is 5.76 Å². The molecule has 5 heteroatoms.